The van der Waals surface area contributed by atoms with Crippen molar-refractivity contribution in [2.45, 2.75) is 171 Å². The standard InChI is InChI=1S/C34H66N2O12/c1-2-3-4-5-6-7-8-9-10-11-12-13-14-15-16-17-19-36(33(35)44)20-18-21-45-23-26-27(39)29(41)30(42)32(46-26)48-34(24-38)31(43)28(40)25(22-37)47-34/h25-32,37-43H,2-24H2,1H3,(H2,35,44)/t25-,26-,27-,28-,29+,30-,31+,32-,34+/m1/s1. The van der Waals surface area contributed by atoms with Gasteiger partial charge >= 0.3 is 6.03 Å². The smallest absolute Gasteiger partial charge is 0.314 e. The first-order chi connectivity index (χ1) is 23.1. The van der Waals surface area contributed by atoms with Gasteiger partial charge in [-0.05, 0) is 12.8 Å². The van der Waals surface area contributed by atoms with Gasteiger partial charge in [0.1, 0.15) is 49.3 Å². The van der Waals surface area contributed by atoms with Gasteiger partial charge in [0.25, 0.3) is 0 Å². The molecule has 2 fully saturated rings. The molecule has 14 nitrogen and oxygen atoms in total. The number of hydrogen-bond donors (Lipinski definition) is 8. The van der Waals surface area contributed by atoms with E-state index in [0.29, 0.717) is 19.5 Å². The van der Waals surface area contributed by atoms with Crippen molar-refractivity contribution in [2.24, 2.45) is 5.73 Å². The number of rotatable bonds is 27. The number of nitrogens with zero attached hydrogens (tertiary/aromatic N) is 1. The molecule has 2 heterocycles. The Morgan fingerprint density at radius 2 is 1.23 bits per heavy atom. The molecule has 284 valence electrons. The molecule has 2 aliphatic rings. The summed E-state index contributed by atoms with van der Waals surface area (Å²) in [6, 6.07) is -0.498. The molecule has 0 aromatic carbocycles. The van der Waals surface area contributed by atoms with Gasteiger partial charge in [-0.25, -0.2) is 4.79 Å². The van der Waals surface area contributed by atoms with E-state index in [9.17, 15) is 40.5 Å². The van der Waals surface area contributed by atoms with Crippen molar-refractivity contribution in [3.8, 4) is 0 Å². The Bertz CT molecular complexity index is 844. The van der Waals surface area contributed by atoms with Crippen LogP contribution in [0.25, 0.3) is 0 Å². The molecule has 0 saturated carbocycles. The monoisotopic (exact) mass is 694 g/mol. The third-order valence-corrected chi connectivity index (χ3v) is 9.48. The van der Waals surface area contributed by atoms with Gasteiger partial charge in [-0.1, -0.05) is 103 Å². The van der Waals surface area contributed by atoms with Crippen molar-refractivity contribution >= 4 is 6.03 Å². The number of carbonyl (C=O) groups excluding carboxylic acids is 1. The molecule has 48 heavy (non-hydrogen) atoms. The number of carbonyl (C=O) groups is 1. The third-order valence-electron chi connectivity index (χ3n) is 9.48. The van der Waals surface area contributed by atoms with E-state index in [2.05, 4.69) is 6.92 Å². The second kappa shape index (κ2) is 24.1. The van der Waals surface area contributed by atoms with Crippen LogP contribution in [0.15, 0.2) is 0 Å². The molecule has 9 atom stereocenters. The quantitative estimate of drug-likeness (QED) is 0.0575. The number of unbranched alkanes of at least 4 members (excludes halogenated alkanes) is 15. The van der Waals surface area contributed by atoms with Crippen molar-refractivity contribution in [2.75, 3.05) is 39.5 Å². The number of nitrogens with two attached hydrogens (primary N) is 1. The van der Waals surface area contributed by atoms with Gasteiger partial charge in [0.05, 0.1) is 13.2 Å². The summed E-state index contributed by atoms with van der Waals surface area (Å²) in [5.41, 5.74) is 5.57. The van der Waals surface area contributed by atoms with E-state index in [1.54, 1.807) is 4.90 Å². The Hall–Kier alpha value is -1.17. The molecule has 0 spiro atoms. The van der Waals surface area contributed by atoms with Crippen LogP contribution in [0.1, 0.15) is 116 Å². The summed E-state index contributed by atoms with van der Waals surface area (Å²) < 4.78 is 22.0. The van der Waals surface area contributed by atoms with E-state index in [1.165, 1.54) is 83.5 Å². The zero-order valence-electron chi connectivity index (χ0n) is 29.1. The summed E-state index contributed by atoms with van der Waals surface area (Å²) in [4.78, 5) is 13.5. The fourth-order valence-corrected chi connectivity index (χ4v) is 6.36. The van der Waals surface area contributed by atoms with Gasteiger partial charge < -0.3 is 65.3 Å². The van der Waals surface area contributed by atoms with Crippen LogP contribution < -0.4 is 5.73 Å². The summed E-state index contributed by atoms with van der Waals surface area (Å²) in [5, 5.41) is 70.9. The van der Waals surface area contributed by atoms with Crippen LogP contribution in [0.5, 0.6) is 0 Å². The first-order valence-corrected chi connectivity index (χ1v) is 18.4. The maximum atomic E-state index is 11.9. The Balaban J connectivity index is 1.59. The fourth-order valence-electron chi connectivity index (χ4n) is 6.36. The van der Waals surface area contributed by atoms with Gasteiger partial charge in [-0.3, -0.25) is 0 Å². The molecule has 2 saturated heterocycles. The average Bonchev–Trinajstić information content (AvgIpc) is 3.32. The molecule has 2 amide bonds. The second-order valence-electron chi connectivity index (χ2n) is 13.4. The average molecular weight is 695 g/mol. The highest BCUT2D eigenvalue weighted by Gasteiger charge is 2.58. The van der Waals surface area contributed by atoms with Crippen LogP contribution in [-0.2, 0) is 18.9 Å². The lowest BCUT2D eigenvalue weighted by molar-refractivity contribution is -0.384. The van der Waals surface area contributed by atoms with E-state index >= 15 is 0 Å². The topological polar surface area (TPSA) is 225 Å². The Morgan fingerprint density at radius 1 is 0.708 bits per heavy atom. The molecule has 2 rings (SSSR count). The lowest BCUT2D eigenvalue weighted by Gasteiger charge is -2.43. The molecule has 0 aromatic heterocycles. The SMILES string of the molecule is CCCCCCCCCCCCCCCCCCN(CCCOC[C@H]1O[C@H](O[C@]2(CO)O[C@H](CO)[C@@H](O)[C@@H]2O)[C@H](O)[C@@H](O)[C@@H]1O)C(N)=O. The normalized spacial score (nSPS) is 30.6. The number of urea groups is 1. The highest BCUT2D eigenvalue weighted by molar-refractivity contribution is 5.71. The van der Waals surface area contributed by atoms with Gasteiger partial charge in [0.15, 0.2) is 6.29 Å². The van der Waals surface area contributed by atoms with Gasteiger partial charge in [0.2, 0.25) is 5.79 Å². The Labute approximate surface area is 286 Å². The van der Waals surface area contributed by atoms with E-state index in [1.807, 2.05) is 0 Å². The first kappa shape index (κ1) is 43.0. The van der Waals surface area contributed by atoms with E-state index < -0.39 is 74.0 Å². The van der Waals surface area contributed by atoms with Crippen LogP contribution in [0.4, 0.5) is 4.79 Å². The second-order valence-corrected chi connectivity index (χ2v) is 13.4. The first-order valence-electron chi connectivity index (χ1n) is 18.4. The molecule has 0 aromatic rings. The predicted molar refractivity (Wildman–Crippen MR) is 178 cm³/mol. The predicted octanol–water partition coefficient (Wildman–Crippen LogP) is 1.66. The summed E-state index contributed by atoms with van der Waals surface area (Å²) in [5.74, 6) is -2.25. The molecular weight excluding hydrogens is 628 g/mol. The minimum absolute atomic E-state index is 0.187. The molecule has 0 bridgehead atoms. The van der Waals surface area contributed by atoms with E-state index in [-0.39, 0.29) is 13.2 Å². The molecule has 0 aliphatic carbocycles. The van der Waals surface area contributed by atoms with Gasteiger partial charge in [-0.2, -0.15) is 0 Å². The molecule has 14 heteroatoms. The van der Waals surface area contributed by atoms with Crippen molar-refractivity contribution in [3.63, 3.8) is 0 Å². The summed E-state index contributed by atoms with van der Waals surface area (Å²) in [6.45, 7) is 1.53. The summed E-state index contributed by atoms with van der Waals surface area (Å²) in [6.07, 6.45) is 8.24. The minimum atomic E-state index is -2.25. The number of aliphatic hydroxyl groups is 7. The van der Waals surface area contributed by atoms with Gasteiger partial charge in [-0.15, -0.1) is 0 Å². The minimum Gasteiger partial charge on any atom is -0.394 e. The molecule has 2 aliphatic heterocycles. The van der Waals surface area contributed by atoms with Crippen LogP contribution in [0.2, 0.25) is 0 Å². The lowest BCUT2D eigenvalue weighted by Crippen LogP contribution is -2.62. The number of primary amides is 1. The Morgan fingerprint density at radius 3 is 1.71 bits per heavy atom. The molecule has 0 unspecified atom stereocenters. The van der Waals surface area contributed by atoms with Crippen molar-refractivity contribution in [3.05, 3.63) is 0 Å². The van der Waals surface area contributed by atoms with Crippen molar-refractivity contribution in [1.29, 1.82) is 0 Å². The zero-order valence-corrected chi connectivity index (χ0v) is 29.1. The maximum absolute atomic E-state index is 11.9. The zero-order chi connectivity index (χ0) is 35.4. The Kier molecular flexibility index (Phi) is 21.6. The fraction of sp³-hybridized carbons (Fsp3) is 0.971. The van der Waals surface area contributed by atoms with Crippen LogP contribution >= 0.6 is 0 Å². The number of aliphatic hydroxyl groups excluding tert-OH is 7. The van der Waals surface area contributed by atoms with Gasteiger partial charge in [0, 0.05) is 19.7 Å². The highest BCUT2D eigenvalue weighted by atomic mass is 16.8. The number of amides is 2. The number of ether oxygens (including phenoxy) is 4. The van der Waals surface area contributed by atoms with E-state index in [4.69, 9.17) is 24.7 Å². The summed E-state index contributed by atoms with van der Waals surface area (Å²) >= 11 is 0. The molecular formula is C34H66N2O12. The van der Waals surface area contributed by atoms with Crippen molar-refractivity contribution in [1.82, 2.24) is 4.90 Å². The van der Waals surface area contributed by atoms with Crippen LogP contribution in [0.3, 0.4) is 0 Å². The van der Waals surface area contributed by atoms with Crippen molar-refractivity contribution < 1.29 is 59.5 Å². The number of hydrogen-bond acceptors (Lipinski definition) is 12. The molecule has 9 N–H and O–H groups in total. The third kappa shape index (κ3) is 14.2. The highest BCUT2D eigenvalue weighted by Crippen LogP contribution is 2.36. The molecule has 0 radical (unpaired) electrons. The summed E-state index contributed by atoms with van der Waals surface area (Å²) in [7, 11) is 0. The van der Waals surface area contributed by atoms with E-state index in [0.717, 1.165) is 19.3 Å². The largest absolute Gasteiger partial charge is 0.394 e. The van der Waals surface area contributed by atoms with Crippen LogP contribution in [-0.4, -0.2) is 141 Å². The lowest BCUT2D eigenvalue weighted by atomic mass is 9.99. The maximum Gasteiger partial charge on any atom is 0.314 e. The van der Waals surface area contributed by atoms with Crippen LogP contribution in [0, 0.1) is 0 Å².